The van der Waals surface area contributed by atoms with Crippen molar-refractivity contribution in [1.29, 1.82) is 0 Å². The summed E-state index contributed by atoms with van der Waals surface area (Å²) in [5.74, 6) is -0.889. The molecule has 1 saturated heterocycles. The highest BCUT2D eigenvalue weighted by atomic mass is 32.2. The van der Waals surface area contributed by atoms with E-state index in [1.807, 2.05) is 68.4 Å². The van der Waals surface area contributed by atoms with Gasteiger partial charge in [0, 0.05) is 11.8 Å². The third kappa shape index (κ3) is 6.60. The van der Waals surface area contributed by atoms with Crippen LogP contribution in [0, 0.1) is 6.92 Å². The minimum absolute atomic E-state index is 0.138. The van der Waals surface area contributed by atoms with Gasteiger partial charge in [0.25, 0.3) is 11.8 Å². The highest BCUT2D eigenvalue weighted by Crippen LogP contribution is 2.30. The van der Waals surface area contributed by atoms with E-state index in [9.17, 15) is 19.5 Å². The molecule has 2 unspecified atom stereocenters. The molecule has 37 heavy (non-hydrogen) atoms. The maximum atomic E-state index is 13.6. The molecule has 0 aliphatic carbocycles. The molecule has 3 N–H and O–H groups in total. The predicted molar refractivity (Wildman–Crippen MR) is 147 cm³/mol. The molecule has 3 amide bonds. The average molecular weight is 538 g/mol. The van der Waals surface area contributed by atoms with Gasteiger partial charge in [-0.1, -0.05) is 67.6 Å². The second-order valence-electron chi connectivity index (χ2n) is 9.09. The molecule has 4 rings (SSSR count). The van der Waals surface area contributed by atoms with Gasteiger partial charge in [-0.15, -0.1) is 23.1 Å². The Morgan fingerprint density at radius 3 is 2.49 bits per heavy atom. The molecule has 1 aliphatic heterocycles. The lowest BCUT2D eigenvalue weighted by Gasteiger charge is -2.30. The van der Waals surface area contributed by atoms with Crippen LogP contribution in [0.2, 0.25) is 0 Å². The Morgan fingerprint density at radius 2 is 1.78 bits per heavy atom. The highest BCUT2D eigenvalue weighted by molar-refractivity contribution is 8.00. The maximum absolute atomic E-state index is 13.6. The lowest BCUT2D eigenvalue weighted by molar-refractivity contribution is -0.146. The largest absolute Gasteiger partial charge is 0.381 e. The van der Waals surface area contributed by atoms with Gasteiger partial charge in [0.15, 0.2) is 6.10 Å². The zero-order valence-corrected chi connectivity index (χ0v) is 22.4. The minimum Gasteiger partial charge on any atom is -0.381 e. The third-order valence-corrected chi connectivity index (χ3v) is 8.60. The summed E-state index contributed by atoms with van der Waals surface area (Å²) in [7, 11) is 0. The summed E-state index contributed by atoms with van der Waals surface area (Å²) in [5, 5.41) is 18.7. The molecule has 1 fully saturated rings. The van der Waals surface area contributed by atoms with Crippen molar-refractivity contribution in [3.63, 3.8) is 0 Å². The van der Waals surface area contributed by atoms with E-state index in [0.717, 1.165) is 16.7 Å². The first kappa shape index (κ1) is 26.9. The van der Waals surface area contributed by atoms with Crippen LogP contribution in [0.25, 0.3) is 0 Å². The number of benzene rings is 2. The van der Waals surface area contributed by atoms with Gasteiger partial charge in [-0.3, -0.25) is 14.4 Å². The number of rotatable bonds is 9. The first-order valence-electron chi connectivity index (χ1n) is 12.2. The Hall–Kier alpha value is -3.14. The SMILES string of the molecule is Cc1ccccc1CNC(=O)[C@@H]1C(C)SCN1C(=O)[C@@H](O)C(Cc1ccccc1)NC(=O)c1cccs1. The van der Waals surface area contributed by atoms with E-state index < -0.39 is 24.1 Å². The van der Waals surface area contributed by atoms with Gasteiger partial charge >= 0.3 is 0 Å². The number of amides is 3. The fourth-order valence-corrected chi connectivity index (χ4v) is 6.14. The van der Waals surface area contributed by atoms with Crippen LogP contribution >= 0.6 is 23.1 Å². The number of hydrogen-bond donors (Lipinski definition) is 3. The van der Waals surface area contributed by atoms with E-state index in [1.165, 1.54) is 28.0 Å². The molecule has 1 aliphatic rings. The van der Waals surface area contributed by atoms with Crippen molar-refractivity contribution in [2.24, 2.45) is 0 Å². The van der Waals surface area contributed by atoms with Crippen molar-refractivity contribution in [3.8, 4) is 0 Å². The highest BCUT2D eigenvalue weighted by Gasteiger charge is 2.43. The summed E-state index contributed by atoms with van der Waals surface area (Å²) < 4.78 is 0. The van der Waals surface area contributed by atoms with Gasteiger partial charge in [0.05, 0.1) is 16.8 Å². The monoisotopic (exact) mass is 537 g/mol. The van der Waals surface area contributed by atoms with E-state index in [2.05, 4.69) is 10.6 Å². The number of aryl methyl sites for hydroxylation is 1. The number of aliphatic hydroxyl groups excluding tert-OH is 1. The van der Waals surface area contributed by atoms with E-state index in [0.29, 0.717) is 11.4 Å². The number of nitrogens with zero attached hydrogens (tertiary/aromatic N) is 1. The molecular formula is C28H31N3O4S2. The molecule has 7 nitrogen and oxygen atoms in total. The van der Waals surface area contributed by atoms with Crippen LogP contribution in [-0.4, -0.2) is 57.0 Å². The first-order chi connectivity index (χ1) is 17.8. The Bertz CT molecular complexity index is 1220. The molecule has 2 heterocycles. The summed E-state index contributed by atoms with van der Waals surface area (Å²) in [6.07, 6.45) is -1.24. The molecular weight excluding hydrogens is 506 g/mol. The zero-order valence-electron chi connectivity index (χ0n) is 20.8. The fraction of sp³-hybridized carbons (Fsp3) is 0.321. The Balaban J connectivity index is 1.49. The van der Waals surface area contributed by atoms with Crippen LogP contribution in [0.15, 0.2) is 72.1 Å². The van der Waals surface area contributed by atoms with Crippen LogP contribution < -0.4 is 10.6 Å². The lowest BCUT2D eigenvalue weighted by atomic mass is 9.99. The summed E-state index contributed by atoms with van der Waals surface area (Å²) in [6.45, 7) is 4.25. The van der Waals surface area contributed by atoms with Gasteiger partial charge in [-0.2, -0.15) is 0 Å². The quantitative estimate of drug-likeness (QED) is 0.389. The normalized spacial score (nSPS) is 18.7. The van der Waals surface area contributed by atoms with Crippen LogP contribution in [-0.2, 0) is 22.6 Å². The number of carbonyl (C=O) groups excluding carboxylic acids is 3. The molecule has 0 bridgehead atoms. The molecule has 9 heteroatoms. The summed E-state index contributed by atoms with van der Waals surface area (Å²) in [5.41, 5.74) is 2.96. The molecule has 0 radical (unpaired) electrons. The number of thiophene rings is 1. The Labute approximate surface area is 225 Å². The van der Waals surface area contributed by atoms with Crippen LogP contribution in [0.3, 0.4) is 0 Å². The van der Waals surface area contributed by atoms with Crippen molar-refractivity contribution in [3.05, 3.63) is 93.7 Å². The third-order valence-electron chi connectivity index (χ3n) is 6.52. The number of nitrogens with one attached hydrogen (secondary N) is 2. The average Bonchev–Trinajstić information content (AvgIpc) is 3.58. The van der Waals surface area contributed by atoms with E-state index >= 15 is 0 Å². The molecule has 2 aromatic carbocycles. The van der Waals surface area contributed by atoms with Crippen molar-refractivity contribution in [2.45, 2.75) is 50.3 Å². The van der Waals surface area contributed by atoms with Crippen molar-refractivity contribution >= 4 is 40.8 Å². The number of aliphatic hydroxyl groups is 1. The zero-order chi connectivity index (χ0) is 26.4. The predicted octanol–water partition coefficient (Wildman–Crippen LogP) is 3.36. The van der Waals surface area contributed by atoms with Gasteiger partial charge in [-0.05, 0) is 41.5 Å². The molecule has 0 spiro atoms. The van der Waals surface area contributed by atoms with Crippen molar-refractivity contribution in [1.82, 2.24) is 15.5 Å². The van der Waals surface area contributed by atoms with E-state index in [-0.39, 0.29) is 29.4 Å². The van der Waals surface area contributed by atoms with Crippen LogP contribution in [0.1, 0.15) is 33.3 Å². The van der Waals surface area contributed by atoms with Crippen LogP contribution in [0.5, 0.6) is 0 Å². The van der Waals surface area contributed by atoms with Gasteiger partial charge in [0.1, 0.15) is 6.04 Å². The minimum atomic E-state index is -1.51. The standard InChI is InChI=1S/C28H31N3O4S2/c1-18-9-6-7-12-21(18)16-29-27(34)24-19(2)37-17-31(24)28(35)25(32)22(15-20-10-4-3-5-11-20)30-26(33)23-13-8-14-36-23/h3-14,19,22,24-25,32H,15-17H2,1-2H3,(H,29,34)(H,30,33)/t19?,22?,24-,25-/m0/s1. The molecule has 194 valence electrons. The van der Waals surface area contributed by atoms with Crippen molar-refractivity contribution < 1.29 is 19.5 Å². The molecule has 3 aromatic rings. The Morgan fingerprint density at radius 1 is 1.05 bits per heavy atom. The number of hydrogen-bond acceptors (Lipinski definition) is 6. The lowest BCUT2D eigenvalue weighted by Crippen LogP contribution is -2.57. The Kier molecular flexibility index (Phi) is 9.02. The molecule has 4 atom stereocenters. The second kappa shape index (κ2) is 12.4. The van der Waals surface area contributed by atoms with E-state index in [1.54, 1.807) is 17.5 Å². The maximum Gasteiger partial charge on any atom is 0.261 e. The molecule has 0 saturated carbocycles. The second-order valence-corrected chi connectivity index (χ2v) is 11.4. The summed E-state index contributed by atoms with van der Waals surface area (Å²) in [6, 6.07) is 19.1. The topological polar surface area (TPSA) is 98.7 Å². The van der Waals surface area contributed by atoms with Gasteiger partial charge in [0.2, 0.25) is 5.91 Å². The smallest absolute Gasteiger partial charge is 0.261 e. The molecule has 1 aromatic heterocycles. The van der Waals surface area contributed by atoms with Gasteiger partial charge < -0.3 is 20.6 Å². The van der Waals surface area contributed by atoms with E-state index in [4.69, 9.17) is 0 Å². The fourth-order valence-electron chi connectivity index (χ4n) is 4.37. The summed E-state index contributed by atoms with van der Waals surface area (Å²) >= 11 is 2.78. The number of carbonyl (C=O) groups is 3. The first-order valence-corrected chi connectivity index (χ1v) is 14.1. The van der Waals surface area contributed by atoms with Gasteiger partial charge in [-0.25, -0.2) is 0 Å². The van der Waals surface area contributed by atoms with Crippen LogP contribution in [0.4, 0.5) is 0 Å². The summed E-state index contributed by atoms with van der Waals surface area (Å²) in [4.78, 5) is 41.5. The van der Waals surface area contributed by atoms with Crippen molar-refractivity contribution in [2.75, 3.05) is 5.88 Å². The number of thioether (sulfide) groups is 1.